The number of hydrogen-bond donors (Lipinski definition) is 0. The molecule has 1 aliphatic rings. The van der Waals surface area contributed by atoms with Crippen LogP contribution in [0.2, 0.25) is 0 Å². The smallest absolute Gasteiger partial charge is 0.156 e. The van der Waals surface area contributed by atoms with Crippen LogP contribution in [0.15, 0.2) is 23.8 Å². The fourth-order valence-corrected chi connectivity index (χ4v) is 2.25. The van der Waals surface area contributed by atoms with Crippen molar-refractivity contribution in [1.82, 2.24) is 0 Å². The van der Waals surface area contributed by atoms with Crippen molar-refractivity contribution in [1.29, 1.82) is 5.26 Å². The quantitative estimate of drug-likeness (QED) is 0.692. The third-order valence-electron chi connectivity index (χ3n) is 2.53. The molecule has 80 valence electrons. The van der Waals surface area contributed by atoms with Gasteiger partial charge in [-0.3, -0.25) is 4.79 Å². The van der Waals surface area contributed by atoms with Crippen LogP contribution in [0, 0.1) is 22.7 Å². The Morgan fingerprint density at radius 2 is 2.20 bits per heavy atom. The summed E-state index contributed by atoms with van der Waals surface area (Å²) in [5.74, 6) is 0.636. The Hall–Kier alpha value is -1.36. The van der Waals surface area contributed by atoms with E-state index in [0.717, 1.165) is 6.42 Å². The van der Waals surface area contributed by atoms with Crippen LogP contribution in [-0.4, -0.2) is 5.78 Å². The number of carbonyl (C=O) groups is 1. The van der Waals surface area contributed by atoms with Crippen molar-refractivity contribution in [2.75, 3.05) is 0 Å². The number of nitrogens with zero attached hydrogens (tertiary/aromatic N) is 1. The molecule has 2 nitrogen and oxygen atoms in total. The highest BCUT2D eigenvalue weighted by atomic mass is 16.1. The molecular weight excluding hydrogens is 186 g/mol. The highest BCUT2D eigenvalue weighted by Gasteiger charge is 2.27. The van der Waals surface area contributed by atoms with Gasteiger partial charge in [0.05, 0.1) is 6.07 Å². The first-order valence-electron chi connectivity index (χ1n) is 5.29. The van der Waals surface area contributed by atoms with Gasteiger partial charge in [-0.2, -0.15) is 5.26 Å². The Morgan fingerprint density at radius 1 is 1.53 bits per heavy atom. The Bertz CT molecular complexity index is 357. The lowest BCUT2D eigenvalue weighted by atomic mass is 9.77. The molecule has 0 spiro atoms. The van der Waals surface area contributed by atoms with Crippen molar-refractivity contribution in [3.63, 3.8) is 0 Å². The summed E-state index contributed by atoms with van der Waals surface area (Å²) >= 11 is 0. The topological polar surface area (TPSA) is 40.9 Å². The largest absolute Gasteiger partial charge is 0.295 e. The minimum Gasteiger partial charge on any atom is -0.295 e. The molecule has 0 bridgehead atoms. The maximum Gasteiger partial charge on any atom is 0.156 e. The fraction of sp³-hybridized carbons (Fsp3) is 0.538. The van der Waals surface area contributed by atoms with E-state index >= 15 is 0 Å². The summed E-state index contributed by atoms with van der Waals surface area (Å²) in [6.07, 6.45) is 6.52. The van der Waals surface area contributed by atoms with E-state index in [9.17, 15) is 4.79 Å². The van der Waals surface area contributed by atoms with Crippen molar-refractivity contribution < 1.29 is 4.79 Å². The van der Waals surface area contributed by atoms with Gasteiger partial charge >= 0.3 is 0 Å². The molecule has 1 rings (SSSR count). The van der Waals surface area contributed by atoms with Gasteiger partial charge in [-0.25, -0.2) is 0 Å². The van der Waals surface area contributed by atoms with Gasteiger partial charge in [0.2, 0.25) is 0 Å². The second-order valence-electron chi connectivity index (χ2n) is 4.94. The van der Waals surface area contributed by atoms with E-state index in [1.165, 1.54) is 6.08 Å². The Kier molecular flexibility index (Phi) is 3.47. The van der Waals surface area contributed by atoms with Crippen molar-refractivity contribution >= 4 is 5.78 Å². The van der Waals surface area contributed by atoms with Gasteiger partial charge in [-0.15, -0.1) is 0 Å². The molecule has 0 aromatic heterocycles. The molecule has 1 aliphatic carbocycles. The van der Waals surface area contributed by atoms with Crippen LogP contribution in [0.4, 0.5) is 0 Å². The standard InChI is InChI=1S/C13H17NO/c1-10(2)6-13(3)7-11(9-14)4-5-12(15)8-13/h4-5,7,10H,6,8H2,1-3H3. The van der Waals surface area contributed by atoms with Gasteiger partial charge in [0.1, 0.15) is 0 Å². The van der Waals surface area contributed by atoms with Crippen LogP contribution in [0.1, 0.15) is 33.6 Å². The van der Waals surface area contributed by atoms with Gasteiger partial charge in [-0.05, 0) is 29.9 Å². The molecule has 0 aromatic carbocycles. The van der Waals surface area contributed by atoms with E-state index in [2.05, 4.69) is 26.8 Å². The monoisotopic (exact) mass is 203 g/mol. The summed E-state index contributed by atoms with van der Waals surface area (Å²) in [6, 6.07) is 2.11. The van der Waals surface area contributed by atoms with Gasteiger partial charge in [0.15, 0.2) is 5.78 Å². The number of rotatable bonds is 2. The number of allylic oxidation sites excluding steroid dienone is 4. The first kappa shape index (κ1) is 11.7. The summed E-state index contributed by atoms with van der Waals surface area (Å²) in [4.78, 5) is 11.5. The van der Waals surface area contributed by atoms with Crippen molar-refractivity contribution in [2.24, 2.45) is 11.3 Å². The highest BCUT2D eigenvalue weighted by Crippen LogP contribution is 2.34. The van der Waals surface area contributed by atoms with Gasteiger partial charge in [-0.1, -0.05) is 26.8 Å². The van der Waals surface area contributed by atoms with Crippen LogP contribution in [-0.2, 0) is 4.79 Å². The van der Waals surface area contributed by atoms with Crippen molar-refractivity contribution in [3.05, 3.63) is 23.8 Å². The predicted molar refractivity (Wildman–Crippen MR) is 60.0 cm³/mol. The van der Waals surface area contributed by atoms with E-state index < -0.39 is 0 Å². The lowest BCUT2D eigenvalue weighted by Crippen LogP contribution is -2.19. The van der Waals surface area contributed by atoms with Crippen LogP contribution in [0.5, 0.6) is 0 Å². The molecule has 0 saturated carbocycles. The summed E-state index contributed by atoms with van der Waals surface area (Å²) in [6.45, 7) is 6.32. The molecule has 0 aliphatic heterocycles. The average molecular weight is 203 g/mol. The van der Waals surface area contributed by atoms with Gasteiger partial charge in [0, 0.05) is 12.0 Å². The fourth-order valence-electron chi connectivity index (χ4n) is 2.25. The molecule has 1 atom stereocenters. The van der Waals surface area contributed by atoms with Crippen molar-refractivity contribution in [3.8, 4) is 6.07 Å². The SMILES string of the molecule is CC(C)CC1(C)C=C(C#N)C=CC(=O)C1. The number of ketones is 1. The molecule has 2 heteroatoms. The number of nitriles is 1. The summed E-state index contributed by atoms with van der Waals surface area (Å²) in [5.41, 5.74) is 0.434. The first-order valence-corrected chi connectivity index (χ1v) is 5.29. The van der Waals surface area contributed by atoms with Gasteiger partial charge < -0.3 is 0 Å². The molecule has 0 radical (unpaired) electrons. The molecule has 0 amide bonds. The summed E-state index contributed by atoms with van der Waals surface area (Å²) < 4.78 is 0. The summed E-state index contributed by atoms with van der Waals surface area (Å²) in [5, 5.41) is 8.89. The Morgan fingerprint density at radius 3 is 2.73 bits per heavy atom. The third kappa shape index (κ3) is 3.36. The maximum absolute atomic E-state index is 11.5. The van der Waals surface area contributed by atoms with Crippen molar-refractivity contribution in [2.45, 2.75) is 33.6 Å². The highest BCUT2D eigenvalue weighted by molar-refractivity contribution is 5.91. The van der Waals surface area contributed by atoms with Crippen LogP contribution in [0.3, 0.4) is 0 Å². The molecule has 0 aromatic rings. The molecular formula is C13H17NO. The first-order chi connectivity index (χ1) is 6.95. The zero-order chi connectivity index (χ0) is 11.5. The molecule has 0 heterocycles. The minimum atomic E-state index is -0.167. The van der Waals surface area contributed by atoms with E-state index in [4.69, 9.17) is 5.26 Å². The zero-order valence-electron chi connectivity index (χ0n) is 9.58. The Balaban J connectivity index is 2.98. The second kappa shape index (κ2) is 4.44. The lowest BCUT2D eigenvalue weighted by molar-refractivity contribution is -0.116. The number of hydrogen-bond acceptors (Lipinski definition) is 2. The van der Waals surface area contributed by atoms with Crippen LogP contribution < -0.4 is 0 Å². The van der Waals surface area contributed by atoms with Gasteiger partial charge in [0.25, 0.3) is 0 Å². The van der Waals surface area contributed by atoms with E-state index in [0.29, 0.717) is 17.9 Å². The predicted octanol–water partition coefficient (Wildman–Crippen LogP) is 3.02. The number of carbonyl (C=O) groups excluding carboxylic acids is 1. The van der Waals surface area contributed by atoms with E-state index in [1.807, 2.05) is 6.08 Å². The third-order valence-corrected chi connectivity index (χ3v) is 2.53. The summed E-state index contributed by atoms with van der Waals surface area (Å²) in [7, 11) is 0. The molecule has 0 N–H and O–H groups in total. The van der Waals surface area contributed by atoms with E-state index in [1.54, 1.807) is 6.08 Å². The average Bonchev–Trinajstić information content (AvgIpc) is 2.22. The molecule has 1 unspecified atom stereocenters. The maximum atomic E-state index is 11.5. The molecule has 0 saturated heterocycles. The second-order valence-corrected chi connectivity index (χ2v) is 4.94. The molecule has 0 fully saturated rings. The Labute approximate surface area is 91.3 Å². The molecule has 15 heavy (non-hydrogen) atoms. The normalized spacial score (nSPS) is 26.1. The van der Waals surface area contributed by atoms with Crippen LogP contribution in [0.25, 0.3) is 0 Å². The minimum absolute atomic E-state index is 0.111. The van der Waals surface area contributed by atoms with Crippen LogP contribution >= 0.6 is 0 Å². The van der Waals surface area contributed by atoms with E-state index in [-0.39, 0.29) is 11.2 Å². The lowest BCUT2D eigenvalue weighted by Gasteiger charge is -2.26. The zero-order valence-corrected chi connectivity index (χ0v) is 9.58.